The Kier molecular flexibility index (Phi) is 7.35. The number of rotatable bonds is 9. The van der Waals surface area contributed by atoms with Crippen molar-refractivity contribution in [2.24, 2.45) is 0 Å². The monoisotopic (exact) mass is 510 g/mol. The van der Waals surface area contributed by atoms with Crippen LogP contribution in [-0.4, -0.2) is 49.3 Å². The van der Waals surface area contributed by atoms with Crippen molar-refractivity contribution in [1.82, 2.24) is 14.5 Å². The van der Waals surface area contributed by atoms with E-state index in [0.29, 0.717) is 30.9 Å². The summed E-state index contributed by atoms with van der Waals surface area (Å²) in [5.74, 6) is -1.69. The Morgan fingerprint density at radius 2 is 2.03 bits per heavy atom. The number of hydrogen-bond donors (Lipinski definition) is 1. The van der Waals surface area contributed by atoms with Crippen molar-refractivity contribution in [2.45, 2.75) is 25.9 Å². The fourth-order valence-corrected chi connectivity index (χ4v) is 4.42. The number of aliphatic hydroxyl groups is 1. The van der Waals surface area contributed by atoms with E-state index in [1.807, 2.05) is 4.57 Å². The Bertz CT molecular complexity index is 1340. The number of ether oxygens (including phenoxy) is 1. The van der Waals surface area contributed by atoms with Gasteiger partial charge >= 0.3 is 0 Å². The summed E-state index contributed by atoms with van der Waals surface area (Å²) in [5.41, 5.74) is 0.198. The number of Topliss-reactive ketones (excluding diaryl/α,β-unsaturated/α-hetero) is 1. The number of non-ortho nitro benzene ring substituents is 1. The van der Waals surface area contributed by atoms with Gasteiger partial charge in [0.1, 0.15) is 11.5 Å². The Labute approximate surface area is 211 Å². The lowest BCUT2D eigenvalue weighted by atomic mass is 9.95. The van der Waals surface area contributed by atoms with Crippen LogP contribution in [0.3, 0.4) is 0 Å². The molecule has 1 amide bonds. The van der Waals surface area contributed by atoms with Crippen molar-refractivity contribution in [3.8, 4) is 5.75 Å². The fraction of sp³-hybridized carbons (Fsp3) is 0.240. The first-order chi connectivity index (χ1) is 17.3. The number of nitro groups is 1. The standard InChI is InChI=1S/C25H23ClN4O6/c1-2-36-20-8-7-17(14-19(20)26)23(31)21-22(16-5-3-6-18(13-16)30(34)35)29(25(33)24(21)32)11-4-10-28-12-9-27-15-28/h3,5-9,12-15,22,31H,2,4,10-11H2,1H3/t22-/m0/s1. The molecule has 3 aromatic rings. The second kappa shape index (κ2) is 10.6. The molecule has 1 fully saturated rings. The van der Waals surface area contributed by atoms with Gasteiger partial charge in [0.2, 0.25) is 0 Å². The van der Waals surface area contributed by atoms with Crippen LogP contribution < -0.4 is 4.74 Å². The summed E-state index contributed by atoms with van der Waals surface area (Å²) >= 11 is 6.28. The molecule has 1 N–H and O–H groups in total. The summed E-state index contributed by atoms with van der Waals surface area (Å²) in [4.78, 5) is 42.4. The van der Waals surface area contributed by atoms with Crippen LogP contribution in [0.1, 0.15) is 30.5 Å². The van der Waals surface area contributed by atoms with E-state index in [4.69, 9.17) is 16.3 Å². The van der Waals surface area contributed by atoms with Gasteiger partial charge in [0.05, 0.1) is 34.5 Å². The minimum Gasteiger partial charge on any atom is -0.507 e. The van der Waals surface area contributed by atoms with Crippen LogP contribution in [-0.2, 0) is 16.1 Å². The van der Waals surface area contributed by atoms with Crippen LogP contribution in [0.5, 0.6) is 5.75 Å². The van der Waals surface area contributed by atoms with Crippen LogP contribution >= 0.6 is 11.6 Å². The summed E-state index contributed by atoms with van der Waals surface area (Å²) in [6.07, 6.45) is 5.55. The van der Waals surface area contributed by atoms with Gasteiger partial charge in [-0.15, -0.1) is 0 Å². The molecule has 0 radical (unpaired) electrons. The Hall–Kier alpha value is -4.18. The number of aliphatic hydroxyl groups excluding tert-OH is 1. The summed E-state index contributed by atoms with van der Waals surface area (Å²) < 4.78 is 7.26. The van der Waals surface area contributed by atoms with Crippen molar-refractivity contribution in [2.75, 3.05) is 13.2 Å². The Balaban J connectivity index is 1.77. The molecule has 1 saturated heterocycles. The average Bonchev–Trinajstić information content (AvgIpc) is 3.47. The second-order valence-electron chi connectivity index (χ2n) is 8.08. The third-order valence-electron chi connectivity index (χ3n) is 5.82. The number of amides is 1. The van der Waals surface area contributed by atoms with E-state index in [0.717, 1.165) is 0 Å². The molecule has 0 aliphatic carbocycles. The van der Waals surface area contributed by atoms with Gasteiger partial charge in [0, 0.05) is 43.2 Å². The molecule has 10 nitrogen and oxygen atoms in total. The number of nitrogens with zero attached hydrogens (tertiary/aromatic N) is 4. The minimum absolute atomic E-state index is 0.164. The summed E-state index contributed by atoms with van der Waals surface area (Å²) in [5, 5.41) is 22.8. The second-order valence-corrected chi connectivity index (χ2v) is 8.48. The molecule has 0 bridgehead atoms. The van der Waals surface area contributed by atoms with Gasteiger partial charge in [-0.05, 0) is 37.1 Å². The molecule has 36 heavy (non-hydrogen) atoms. The van der Waals surface area contributed by atoms with E-state index >= 15 is 0 Å². The Morgan fingerprint density at radius 1 is 1.22 bits per heavy atom. The van der Waals surface area contributed by atoms with E-state index in [2.05, 4.69) is 4.98 Å². The number of halogens is 1. The van der Waals surface area contributed by atoms with Crippen molar-refractivity contribution in [1.29, 1.82) is 0 Å². The van der Waals surface area contributed by atoms with Gasteiger partial charge in [-0.25, -0.2) is 4.98 Å². The summed E-state index contributed by atoms with van der Waals surface area (Å²) in [6, 6.07) is 9.21. The zero-order valence-electron chi connectivity index (χ0n) is 19.3. The molecule has 4 rings (SSSR count). The molecule has 1 atom stereocenters. The zero-order valence-corrected chi connectivity index (χ0v) is 20.1. The minimum atomic E-state index is -1.02. The molecular weight excluding hydrogens is 488 g/mol. The number of nitro benzene ring substituents is 1. The van der Waals surface area contributed by atoms with Crippen molar-refractivity contribution in [3.05, 3.63) is 93.0 Å². The quantitative estimate of drug-likeness (QED) is 0.149. The molecule has 0 unspecified atom stereocenters. The van der Waals surface area contributed by atoms with Crippen LogP contribution in [0.4, 0.5) is 5.69 Å². The van der Waals surface area contributed by atoms with Crippen molar-refractivity contribution >= 4 is 34.7 Å². The number of aromatic nitrogens is 2. The van der Waals surface area contributed by atoms with Gasteiger partial charge in [-0.3, -0.25) is 19.7 Å². The number of likely N-dealkylation sites (tertiary alicyclic amines) is 1. The van der Waals surface area contributed by atoms with E-state index in [9.17, 15) is 24.8 Å². The molecule has 1 aliphatic rings. The number of hydrogen-bond acceptors (Lipinski definition) is 7. The van der Waals surface area contributed by atoms with Crippen LogP contribution in [0, 0.1) is 10.1 Å². The normalized spacial score (nSPS) is 16.9. The molecule has 1 aliphatic heterocycles. The number of carbonyl (C=O) groups excluding carboxylic acids is 2. The van der Waals surface area contributed by atoms with E-state index in [1.165, 1.54) is 35.2 Å². The number of aryl methyl sites for hydroxylation is 1. The van der Waals surface area contributed by atoms with E-state index in [1.54, 1.807) is 37.8 Å². The topological polar surface area (TPSA) is 128 Å². The van der Waals surface area contributed by atoms with Gasteiger partial charge in [-0.2, -0.15) is 0 Å². The highest BCUT2D eigenvalue weighted by molar-refractivity contribution is 6.46. The Morgan fingerprint density at radius 3 is 2.69 bits per heavy atom. The van der Waals surface area contributed by atoms with Crippen molar-refractivity contribution < 1.29 is 24.4 Å². The summed E-state index contributed by atoms with van der Waals surface area (Å²) in [6.45, 7) is 2.91. The number of carbonyl (C=O) groups is 2. The van der Waals surface area contributed by atoms with Gasteiger partial charge in [-0.1, -0.05) is 23.7 Å². The lowest BCUT2D eigenvalue weighted by molar-refractivity contribution is -0.384. The molecule has 2 aromatic carbocycles. The van der Waals surface area contributed by atoms with Gasteiger partial charge in [0.15, 0.2) is 0 Å². The lowest BCUT2D eigenvalue weighted by Crippen LogP contribution is -2.31. The third-order valence-corrected chi connectivity index (χ3v) is 6.11. The smallest absolute Gasteiger partial charge is 0.295 e. The zero-order chi connectivity index (χ0) is 25.8. The third kappa shape index (κ3) is 4.94. The van der Waals surface area contributed by atoms with Gasteiger partial charge in [0.25, 0.3) is 17.4 Å². The first-order valence-electron chi connectivity index (χ1n) is 11.2. The predicted octanol–water partition coefficient (Wildman–Crippen LogP) is 4.36. The number of benzene rings is 2. The fourth-order valence-electron chi connectivity index (χ4n) is 4.18. The van der Waals surface area contributed by atoms with E-state index < -0.39 is 28.4 Å². The molecule has 0 spiro atoms. The highest BCUT2D eigenvalue weighted by atomic mass is 35.5. The number of imidazole rings is 1. The lowest BCUT2D eigenvalue weighted by Gasteiger charge is -2.25. The highest BCUT2D eigenvalue weighted by Gasteiger charge is 2.46. The predicted molar refractivity (Wildman–Crippen MR) is 132 cm³/mol. The number of ketones is 1. The maximum atomic E-state index is 13.2. The summed E-state index contributed by atoms with van der Waals surface area (Å²) in [7, 11) is 0. The highest BCUT2D eigenvalue weighted by Crippen LogP contribution is 2.41. The SMILES string of the molecule is CCOc1ccc(C(O)=C2C(=O)C(=O)N(CCCn3ccnc3)[C@H]2c2cccc([N+](=O)[O-])c2)cc1Cl. The molecule has 11 heteroatoms. The van der Waals surface area contributed by atoms with Crippen LogP contribution in [0.2, 0.25) is 5.02 Å². The molecule has 2 heterocycles. The van der Waals surface area contributed by atoms with Gasteiger partial charge < -0.3 is 19.3 Å². The van der Waals surface area contributed by atoms with Crippen molar-refractivity contribution in [3.63, 3.8) is 0 Å². The maximum absolute atomic E-state index is 13.2. The maximum Gasteiger partial charge on any atom is 0.295 e. The van der Waals surface area contributed by atoms with E-state index in [-0.39, 0.29) is 28.4 Å². The molecule has 186 valence electrons. The first kappa shape index (κ1) is 24.9. The largest absolute Gasteiger partial charge is 0.507 e. The van der Waals surface area contributed by atoms with Crippen LogP contribution in [0.15, 0.2) is 66.8 Å². The average molecular weight is 511 g/mol. The van der Waals surface area contributed by atoms with Crippen LogP contribution in [0.25, 0.3) is 5.76 Å². The molecule has 1 aromatic heterocycles. The molecular formula is C25H23ClN4O6. The molecule has 0 saturated carbocycles. The first-order valence-corrected chi connectivity index (χ1v) is 11.6.